The van der Waals surface area contributed by atoms with Gasteiger partial charge >= 0.3 is 5.82 Å². The highest BCUT2D eigenvalue weighted by molar-refractivity contribution is 5.92. The number of aromatic nitrogens is 1. The van der Waals surface area contributed by atoms with E-state index in [-0.39, 0.29) is 17.4 Å². The van der Waals surface area contributed by atoms with E-state index in [4.69, 9.17) is 0 Å². The highest BCUT2D eigenvalue weighted by Gasteiger charge is 2.17. The van der Waals surface area contributed by atoms with Crippen molar-refractivity contribution < 1.29 is 9.72 Å². The Kier molecular flexibility index (Phi) is 3.93. The topological polar surface area (TPSA) is 100 Å². The molecular weight excluding hydrogens is 236 g/mol. The van der Waals surface area contributed by atoms with Gasteiger partial charge in [0.15, 0.2) is 5.69 Å². The first kappa shape index (κ1) is 12.6. The number of rotatable bonds is 5. The minimum Gasteiger partial charge on any atom is -0.358 e. The Morgan fingerprint density at radius 3 is 3.00 bits per heavy atom. The zero-order chi connectivity index (χ0) is 13.0. The fourth-order valence-corrected chi connectivity index (χ4v) is 2.07. The van der Waals surface area contributed by atoms with E-state index >= 15 is 0 Å². The maximum absolute atomic E-state index is 11.7. The Morgan fingerprint density at radius 2 is 2.39 bits per heavy atom. The second-order valence-corrected chi connectivity index (χ2v) is 4.42. The van der Waals surface area contributed by atoms with Crippen molar-refractivity contribution in [2.75, 3.05) is 19.6 Å². The first-order chi connectivity index (χ1) is 8.66. The molecule has 0 bridgehead atoms. The lowest BCUT2D eigenvalue weighted by atomic mass is 10.1. The minimum absolute atomic E-state index is 0.167. The van der Waals surface area contributed by atoms with Gasteiger partial charge in [-0.3, -0.25) is 4.79 Å². The number of carbonyl (C=O) groups is 1. The van der Waals surface area contributed by atoms with Crippen molar-refractivity contribution in [1.82, 2.24) is 15.6 Å². The second-order valence-electron chi connectivity index (χ2n) is 4.42. The number of hydrogen-bond donors (Lipinski definition) is 3. The van der Waals surface area contributed by atoms with E-state index in [0.29, 0.717) is 12.5 Å². The van der Waals surface area contributed by atoms with Gasteiger partial charge in [0, 0.05) is 12.6 Å². The fourth-order valence-electron chi connectivity index (χ4n) is 2.07. The molecule has 1 amide bonds. The molecule has 7 nitrogen and oxygen atoms in total. The third-order valence-electron chi connectivity index (χ3n) is 3.11. The van der Waals surface area contributed by atoms with E-state index in [0.717, 1.165) is 25.9 Å². The fraction of sp³-hybridized carbons (Fsp3) is 0.545. The van der Waals surface area contributed by atoms with Gasteiger partial charge in [-0.2, -0.15) is 0 Å². The number of nitrogens with one attached hydrogen (secondary N) is 3. The quantitative estimate of drug-likeness (QED) is 0.529. The molecule has 1 aliphatic rings. The molecular formula is C11H16N4O3. The maximum atomic E-state index is 11.7. The Labute approximate surface area is 104 Å². The standard InChI is InChI=1S/C11H16N4O3/c16-11(9-1-2-10(14-9)15(17)18)13-6-4-8-3-5-12-7-8/h1-2,8,12,14H,3-7H2,(H,13,16). The van der Waals surface area contributed by atoms with Gasteiger partial charge in [0.25, 0.3) is 5.91 Å². The highest BCUT2D eigenvalue weighted by atomic mass is 16.6. The average molecular weight is 252 g/mol. The molecule has 3 N–H and O–H groups in total. The summed E-state index contributed by atoms with van der Waals surface area (Å²) in [5.74, 6) is 0.150. The van der Waals surface area contributed by atoms with Gasteiger partial charge < -0.3 is 20.7 Å². The van der Waals surface area contributed by atoms with Crippen LogP contribution in [0.15, 0.2) is 12.1 Å². The smallest absolute Gasteiger partial charge is 0.321 e. The van der Waals surface area contributed by atoms with E-state index in [9.17, 15) is 14.9 Å². The van der Waals surface area contributed by atoms with E-state index in [1.54, 1.807) is 0 Å². The van der Waals surface area contributed by atoms with Crippen LogP contribution in [0.4, 0.5) is 5.82 Å². The van der Waals surface area contributed by atoms with E-state index < -0.39 is 4.92 Å². The van der Waals surface area contributed by atoms with Crippen molar-refractivity contribution in [2.24, 2.45) is 5.92 Å². The average Bonchev–Trinajstić information content (AvgIpc) is 2.99. The number of hydrogen-bond acceptors (Lipinski definition) is 4. The van der Waals surface area contributed by atoms with Crippen LogP contribution in [0.3, 0.4) is 0 Å². The number of nitro groups is 1. The van der Waals surface area contributed by atoms with Gasteiger partial charge in [-0.15, -0.1) is 0 Å². The molecule has 2 heterocycles. The number of amides is 1. The van der Waals surface area contributed by atoms with Crippen LogP contribution in [0.5, 0.6) is 0 Å². The van der Waals surface area contributed by atoms with Gasteiger partial charge in [-0.1, -0.05) is 0 Å². The molecule has 0 aliphatic carbocycles. The van der Waals surface area contributed by atoms with E-state index in [1.807, 2.05) is 0 Å². The van der Waals surface area contributed by atoms with Gasteiger partial charge in [-0.05, 0) is 42.8 Å². The number of nitrogens with zero attached hydrogens (tertiary/aromatic N) is 1. The molecule has 0 saturated carbocycles. The molecule has 7 heteroatoms. The number of H-pyrrole nitrogens is 1. The molecule has 0 radical (unpaired) electrons. The molecule has 2 rings (SSSR count). The van der Waals surface area contributed by atoms with Crippen molar-refractivity contribution in [3.05, 3.63) is 27.9 Å². The van der Waals surface area contributed by atoms with E-state index in [2.05, 4.69) is 15.6 Å². The predicted octanol–water partition coefficient (Wildman–Crippen LogP) is 0.652. The second kappa shape index (κ2) is 5.63. The monoisotopic (exact) mass is 252 g/mol. The molecule has 1 aromatic rings. The Morgan fingerprint density at radius 1 is 1.56 bits per heavy atom. The van der Waals surface area contributed by atoms with Gasteiger partial charge in [0.05, 0.1) is 0 Å². The van der Waals surface area contributed by atoms with Crippen LogP contribution in [-0.2, 0) is 0 Å². The maximum Gasteiger partial charge on any atom is 0.321 e. The molecule has 1 atom stereocenters. The summed E-state index contributed by atoms with van der Waals surface area (Å²) in [7, 11) is 0. The molecule has 98 valence electrons. The summed E-state index contributed by atoms with van der Waals surface area (Å²) in [5.41, 5.74) is 0.228. The van der Waals surface area contributed by atoms with Crippen LogP contribution in [0.1, 0.15) is 23.3 Å². The van der Waals surface area contributed by atoms with Gasteiger partial charge in [0.1, 0.15) is 0 Å². The third-order valence-corrected chi connectivity index (χ3v) is 3.11. The molecule has 1 aromatic heterocycles. The molecule has 1 saturated heterocycles. The summed E-state index contributed by atoms with van der Waals surface area (Å²) >= 11 is 0. The Hall–Kier alpha value is -1.89. The summed E-state index contributed by atoms with van der Waals surface area (Å²) in [6.07, 6.45) is 2.07. The van der Waals surface area contributed by atoms with Crippen LogP contribution in [-0.4, -0.2) is 35.4 Å². The third kappa shape index (κ3) is 3.07. The summed E-state index contributed by atoms with van der Waals surface area (Å²) in [5, 5.41) is 16.5. The lowest BCUT2D eigenvalue weighted by molar-refractivity contribution is -0.389. The SMILES string of the molecule is O=C(NCCC1CCNC1)c1ccc([N+](=O)[O-])[nH]1. The summed E-state index contributed by atoms with van der Waals surface area (Å²) in [6, 6.07) is 2.71. The number of carbonyl (C=O) groups excluding carboxylic acids is 1. The summed E-state index contributed by atoms with van der Waals surface area (Å²) < 4.78 is 0. The van der Waals surface area contributed by atoms with Crippen molar-refractivity contribution in [1.29, 1.82) is 0 Å². The molecule has 1 fully saturated rings. The molecule has 0 aromatic carbocycles. The van der Waals surface area contributed by atoms with Crippen LogP contribution in [0.2, 0.25) is 0 Å². The van der Waals surface area contributed by atoms with Crippen LogP contribution in [0, 0.1) is 16.0 Å². The predicted molar refractivity (Wildman–Crippen MR) is 65.4 cm³/mol. The lowest BCUT2D eigenvalue weighted by Crippen LogP contribution is -2.26. The Balaban J connectivity index is 1.77. The molecule has 1 unspecified atom stereocenters. The van der Waals surface area contributed by atoms with Crippen LogP contribution in [0.25, 0.3) is 0 Å². The zero-order valence-electron chi connectivity index (χ0n) is 9.94. The Bertz CT molecular complexity index is 437. The summed E-state index contributed by atoms with van der Waals surface area (Å²) in [4.78, 5) is 24.0. The van der Waals surface area contributed by atoms with Gasteiger partial charge in [-0.25, -0.2) is 4.98 Å². The van der Waals surface area contributed by atoms with Crippen molar-refractivity contribution in [3.8, 4) is 0 Å². The largest absolute Gasteiger partial charge is 0.358 e. The minimum atomic E-state index is -0.555. The lowest BCUT2D eigenvalue weighted by Gasteiger charge is -2.07. The van der Waals surface area contributed by atoms with Gasteiger partial charge in [0.2, 0.25) is 0 Å². The van der Waals surface area contributed by atoms with Crippen molar-refractivity contribution in [3.63, 3.8) is 0 Å². The molecule has 1 aliphatic heterocycles. The normalized spacial score (nSPS) is 18.8. The molecule has 18 heavy (non-hydrogen) atoms. The first-order valence-corrected chi connectivity index (χ1v) is 5.99. The zero-order valence-corrected chi connectivity index (χ0v) is 9.94. The highest BCUT2D eigenvalue weighted by Crippen LogP contribution is 2.12. The molecule has 0 spiro atoms. The number of aromatic amines is 1. The van der Waals surface area contributed by atoms with Crippen molar-refractivity contribution in [2.45, 2.75) is 12.8 Å². The van der Waals surface area contributed by atoms with Crippen LogP contribution < -0.4 is 10.6 Å². The first-order valence-electron chi connectivity index (χ1n) is 5.99. The van der Waals surface area contributed by atoms with E-state index in [1.165, 1.54) is 12.1 Å². The van der Waals surface area contributed by atoms with Crippen molar-refractivity contribution >= 4 is 11.7 Å². The van der Waals surface area contributed by atoms with Crippen LogP contribution >= 0.6 is 0 Å². The summed E-state index contributed by atoms with van der Waals surface area (Å²) in [6.45, 7) is 2.64.